The van der Waals surface area contributed by atoms with Crippen molar-refractivity contribution in [2.24, 2.45) is 4.99 Å². The van der Waals surface area contributed by atoms with E-state index >= 15 is 0 Å². The molecule has 8 heteroatoms. The summed E-state index contributed by atoms with van der Waals surface area (Å²) in [6.45, 7) is 1.87. The van der Waals surface area contributed by atoms with E-state index in [1.54, 1.807) is 39.4 Å². The van der Waals surface area contributed by atoms with Crippen molar-refractivity contribution >= 4 is 11.9 Å². The summed E-state index contributed by atoms with van der Waals surface area (Å²) in [4.78, 5) is 19.3. The first-order valence-corrected chi connectivity index (χ1v) is 8.01. The maximum absolute atomic E-state index is 13.5. The van der Waals surface area contributed by atoms with Crippen LogP contribution < -0.4 is 10.1 Å². The van der Waals surface area contributed by atoms with Crippen LogP contribution in [-0.4, -0.2) is 82.8 Å². The molecular formula is C17H27FN4O3. The normalized spacial score (nSPS) is 11.2. The predicted octanol–water partition coefficient (Wildman–Crippen LogP) is 0.817. The molecule has 0 aliphatic heterocycles. The van der Waals surface area contributed by atoms with Crippen LogP contribution in [0.1, 0.15) is 0 Å². The standard InChI is InChI=1S/C17H27FN4O3/c1-21(2)16(23)13-20-17(19-9-11-24-4)22(3)10-12-25-15-8-6-5-7-14(15)18/h5-8H,9-13H2,1-4H3,(H,19,20). The lowest BCUT2D eigenvalue weighted by Crippen LogP contribution is -2.42. The third-order valence-electron chi connectivity index (χ3n) is 3.33. The Bertz CT molecular complexity index is 567. The molecule has 0 aromatic heterocycles. The van der Waals surface area contributed by atoms with Gasteiger partial charge in [-0.3, -0.25) is 4.79 Å². The van der Waals surface area contributed by atoms with Crippen molar-refractivity contribution in [2.75, 3.05) is 61.1 Å². The molecule has 0 radical (unpaired) electrons. The lowest BCUT2D eigenvalue weighted by Gasteiger charge is -2.22. The van der Waals surface area contributed by atoms with Gasteiger partial charge in [-0.2, -0.15) is 0 Å². The van der Waals surface area contributed by atoms with Gasteiger partial charge < -0.3 is 24.6 Å². The van der Waals surface area contributed by atoms with E-state index in [1.165, 1.54) is 11.0 Å². The van der Waals surface area contributed by atoms with Crippen LogP contribution in [0, 0.1) is 5.82 Å². The highest BCUT2D eigenvalue weighted by molar-refractivity contribution is 5.84. The van der Waals surface area contributed by atoms with Gasteiger partial charge in [0.25, 0.3) is 0 Å². The molecule has 140 valence electrons. The van der Waals surface area contributed by atoms with E-state index in [1.807, 2.05) is 11.9 Å². The SMILES string of the molecule is COCCNC(=NCC(=O)N(C)C)N(C)CCOc1ccccc1F. The first-order valence-electron chi connectivity index (χ1n) is 8.01. The van der Waals surface area contributed by atoms with Gasteiger partial charge in [-0.05, 0) is 12.1 Å². The van der Waals surface area contributed by atoms with Gasteiger partial charge in [0.2, 0.25) is 5.91 Å². The summed E-state index contributed by atoms with van der Waals surface area (Å²) in [6, 6.07) is 6.26. The minimum atomic E-state index is -0.395. The van der Waals surface area contributed by atoms with Gasteiger partial charge in [0.15, 0.2) is 17.5 Å². The highest BCUT2D eigenvalue weighted by Gasteiger charge is 2.09. The molecule has 0 unspecified atom stereocenters. The molecule has 0 atom stereocenters. The summed E-state index contributed by atoms with van der Waals surface area (Å²) in [7, 11) is 6.80. The molecule has 0 aliphatic rings. The topological polar surface area (TPSA) is 66.4 Å². The molecule has 1 aromatic rings. The minimum Gasteiger partial charge on any atom is -0.489 e. The monoisotopic (exact) mass is 354 g/mol. The number of guanidine groups is 1. The Balaban J connectivity index is 2.58. The van der Waals surface area contributed by atoms with Gasteiger partial charge in [0, 0.05) is 34.8 Å². The number of halogens is 1. The van der Waals surface area contributed by atoms with Crippen LogP contribution in [0.25, 0.3) is 0 Å². The number of methoxy groups -OCH3 is 1. The Morgan fingerprint density at radius 3 is 2.60 bits per heavy atom. The number of carbonyl (C=O) groups is 1. The van der Waals surface area contributed by atoms with Crippen LogP contribution in [-0.2, 0) is 9.53 Å². The Labute approximate surface area is 148 Å². The molecule has 0 saturated carbocycles. The second-order valence-corrected chi connectivity index (χ2v) is 5.55. The Morgan fingerprint density at radius 1 is 1.24 bits per heavy atom. The van der Waals surface area contributed by atoms with Gasteiger partial charge >= 0.3 is 0 Å². The van der Waals surface area contributed by atoms with Crippen LogP contribution in [0.3, 0.4) is 0 Å². The van der Waals surface area contributed by atoms with E-state index in [0.29, 0.717) is 25.7 Å². The Morgan fingerprint density at radius 2 is 1.96 bits per heavy atom. The van der Waals surface area contributed by atoms with Gasteiger partial charge in [-0.15, -0.1) is 0 Å². The van der Waals surface area contributed by atoms with Crippen molar-refractivity contribution in [3.8, 4) is 5.75 Å². The average Bonchev–Trinajstić information content (AvgIpc) is 2.59. The lowest BCUT2D eigenvalue weighted by atomic mass is 10.3. The lowest BCUT2D eigenvalue weighted by molar-refractivity contribution is -0.127. The van der Waals surface area contributed by atoms with Crippen molar-refractivity contribution in [3.05, 3.63) is 30.1 Å². The number of hydrogen-bond donors (Lipinski definition) is 1. The van der Waals surface area contributed by atoms with Crippen molar-refractivity contribution < 1.29 is 18.7 Å². The largest absolute Gasteiger partial charge is 0.489 e. The number of rotatable bonds is 9. The van der Waals surface area contributed by atoms with Crippen molar-refractivity contribution in [1.82, 2.24) is 15.1 Å². The van der Waals surface area contributed by atoms with Crippen LogP contribution >= 0.6 is 0 Å². The first kappa shape index (κ1) is 20.7. The third-order valence-corrected chi connectivity index (χ3v) is 3.33. The van der Waals surface area contributed by atoms with E-state index in [0.717, 1.165) is 0 Å². The maximum atomic E-state index is 13.5. The highest BCUT2D eigenvalue weighted by Crippen LogP contribution is 2.14. The maximum Gasteiger partial charge on any atom is 0.243 e. The quantitative estimate of drug-likeness (QED) is 0.404. The fourth-order valence-corrected chi connectivity index (χ4v) is 1.82. The fraction of sp³-hybridized carbons (Fsp3) is 0.529. The van der Waals surface area contributed by atoms with Gasteiger partial charge in [-0.1, -0.05) is 12.1 Å². The summed E-state index contributed by atoms with van der Waals surface area (Å²) in [5.41, 5.74) is 0. The zero-order valence-corrected chi connectivity index (χ0v) is 15.3. The second-order valence-electron chi connectivity index (χ2n) is 5.55. The number of para-hydroxylation sites is 1. The number of nitrogens with one attached hydrogen (secondary N) is 1. The smallest absolute Gasteiger partial charge is 0.243 e. The zero-order valence-electron chi connectivity index (χ0n) is 15.3. The van der Waals surface area contributed by atoms with Crippen LogP contribution in [0.5, 0.6) is 5.75 Å². The number of ether oxygens (including phenoxy) is 2. The number of hydrogen-bond acceptors (Lipinski definition) is 4. The van der Waals surface area contributed by atoms with E-state index < -0.39 is 5.82 Å². The van der Waals surface area contributed by atoms with Gasteiger partial charge in [-0.25, -0.2) is 9.38 Å². The molecule has 25 heavy (non-hydrogen) atoms. The molecular weight excluding hydrogens is 327 g/mol. The van der Waals surface area contributed by atoms with Crippen LogP contribution in [0.15, 0.2) is 29.3 Å². The van der Waals surface area contributed by atoms with Gasteiger partial charge in [0.1, 0.15) is 13.2 Å². The molecule has 0 saturated heterocycles. The number of benzene rings is 1. The van der Waals surface area contributed by atoms with E-state index in [2.05, 4.69) is 10.3 Å². The number of nitrogens with zero attached hydrogens (tertiary/aromatic N) is 3. The third kappa shape index (κ3) is 7.84. The van der Waals surface area contributed by atoms with E-state index in [9.17, 15) is 9.18 Å². The number of carbonyl (C=O) groups excluding carboxylic acids is 1. The highest BCUT2D eigenvalue weighted by atomic mass is 19.1. The molecule has 0 bridgehead atoms. The van der Waals surface area contributed by atoms with E-state index in [4.69, 9.17) is 9.47 Å². The number of aliphatic imine (C=N–C) groups is 1. The van der Waals surface area contributed by atoms with Crippen LogP contribution in [0.4, 0.5) is 4.39 Å². The summed E-state index contributed by atoms with van der Waals surface area (Å²) >= 11 is 0. The van der Waals surface area contributed by atoms with Gasteiger partial charge in [0.05, 0.1) is 13.2 Å². The summed E-state index contributed by atoms with van der Waals surface area (Å²) in [5.74, 6) is 0.282. The number of likely N-dealkylation sites (N-methyl/N-ethyl adjacent to an activating group) is 2. The Hall–Kier alpha value is -2.35. The molecule has 0 fully saturated rings. The average molecular weight is 354 g/mol. The zero-order chi connectivity index (χ0) is 18.7. The first-order chi connectivity index (χ1) is 12.0. The minimum absolute atomic E-state index is 0.0425. The molecule has 0 spiro atoms. The second kappa shape index (κ2) is 11.2. The van der Waals surface area contributed by atoms with E-state index in [-0.39, 0.29) is 24.8 Å². The molecule has 0 aliphatic carbocycles. The predicted molar refractivity (Wildman–Crippen MR) is 95.4 cm³/mol. The van der Waals surface area contributed by atoms with Crippen molar-refractivity contribution in [2.45, 2.75) is 0 Å². The summed E-state index contributed by atoms with van der Waals surface area (Å²) < 4.78 is 24.0. The molecule has 0 heterocycles. The molecule has 1 N–H and O–H groups in total. The van der Waals surface area contributed by atoms with Crippen LogP contribution in [0.2, 0.25) is 0 Å². The molecule has 7 nitrogen and oxygen atoms in total. The molecule has 1 aromatic carbocycles. The Kier molecular flexibility index (Phi) is 9.31. The number of amides is 1. The van der Waals surface area contributed by atoms with Crippen molar-refractivity contribution in [1.29, 1.82) is 0 Å². The molecule has 1 rings (SSSR count). The summed E-state index contributed by atoms with van der Waals surface area (Å²) in [6.07, 6.45) is 0. The molecule has 1 amide bonds. The summed E-state index contributed by atoms with van der Waals surface area (Å²) in [5, 5.41) is 3.13. The fourth-order valence-electron chi connectivity index (χ4n) is 1.82. The van der Waals surface area contributed by atoms with Crippen molar-refractivity contribution in [3.63, 3.8) is 0 Å².